The van der Waals surface area contributed by atoms with Crippen LogP contribution in [-0.4, -0.2) is 49.4 Å². The third-order valence-corrected chi connectivity index (χ3v) is 2.51. The van der Waals surface area contributed by atoms with Gasteiger partial charge >= 0.3 is 0 Å². The molecule has 3 heteroatoms. The van der Waals surface area contributed by atoms with Gasteiger partial charge in [-0.25, -0.2) is 0 Å². The van der Waals surface area contributed by atoms with Gasteiger partial charge < -0.3 is 9.80 Å². The van der Waals surface area contributed by atoms with E-state index in [2.05, 4.69) is 11.8 Å². The lowest BCUT2D eigenvalue weighted by Crippen LogP contribution is -2.31. The maximum absolute atomic E-state index is 11.5. The van der Waals surface area contributed by atoms with E-state index >= 15 is 0 Å². The number of likely N-dealkylation sites (tertiary alicyclic amines) is 1. The third kappa shape index (κ3) is 1.97. The number of carbonyl (C=O) groups excluding carboxylic acids is 1. The van der Waals surface area contributed by atoms with E-state index in [-0.39, 0.29) is 11.8 Å². The van der Waals surface area contributed by atoms with Crippen molar-refractivity contribution in [3.05, 3.63) is 0 Å². The minimum Gasteiger partial charge on any atom is -0.349 e. The maximum atomic E-state index is 11.5. The van der Waals surface area contributed by atoms with Gasteiger partial charge in [-0.3, -0.25) is 4.79 Å². The second-order valence-electron chi connectivity index (χ2n) is 3.61. The Bertz CT molecular complexity index is 168. The molecular formula is C9H18N2O. The SMILES string of the molecule is CCN1CCC(C(=O)N(C)C)C1. The third-order valence-electron chi connectivity index (χ3n) is 2.51. The summed E-state index contributed by atoms with van der Waals surface area (Å²) in [6.07, 6.45) is 1.03. The zero-order valence-electron chi connectivity index (χ0n) is 8.21. The lowest BCUT2D eigenvalue weighted by molar-refractivity contribution is -0.132. The van der Waals surface area contributed by atoms with Crippen molar-refractivity contribution in [1.82, 2.24) is 9.80 Å². The van der Waals surface area contributed by atoms with Crippen LogP contribution in [0.2, 0.25) is 0 Å². The first-order valence-corrected chi connectivity index (χ1v) is 4.58. The molecule has 70 valence electrons. The molecule has 0 radical (unpaired) electrons. The van der Waals surface area contributed by atoms with Crippen molar-refractivity contribution in [1.29, 1.82) is 0 Å². The Morgan fingerprint density at radius 1 is 1.58 bits per heavy atom. The summed E-state index contributed by atoms with van der Waals surface area (Å²) in [7, 11) is 3.66. The number of hydrogen-bond donors (Lipinski definition) is 0. The van der Waals surface area contributed by atoms with Gasteiger partial charge in [0.05, 0.1) is 5.92 Å². The Kier molecular flexibility index (Phi) is 3.09. The Morgan fingerprint density at radius 2 is 2.25 bits per heavy atom. The molecule has 0 aromatic carbocycles. The van der Waals surface area contributed by atoms with Gasteiger partial charge in [0, 0.05) is 20.6 Å². The van der Waals surface area contributed by atoms with Crippen molar-refractivity contribution in [3.63, 3.8) is 0 Å². The summed E-state index contributed by atoms with van der Waals surface area (Å²) in [6, 6.07) is 0. The van der Waals surface area contributed by atoms with Crippen LogP contribution in [0.1, 0.15) is 13.3 Å². The highest BCUT2D eigenvalue weighted by molar-refractivity contribution is 5.78. The molecule has 1 aliphatic rings. The largest absolute Gasteiger partial charge is 0.349 e. The molecule has 0 bridgehead atoms. The fourth-order valence-electron chi connectivity index (χ4n) is 1.69. The van der Waals surface area contributed by atoms with Gasteiger partial charge in [-0.05, 0) is 19.5 Å². The summed E-state index contributed by atoms with van der Waals surface area (Å²) in [5.74, 6) is 0.533. The Hall–Kier alpha value is -0.570. The van der Waals surface area contributed by atoms with Crippen LogP contribution in [0.25, 0.3) is 0 Å². The smallest absolute Gasteiger partial charge is 0.226 e. The van der Waals surface area contributed by atoms with E-state index in [9.17, 15) is 4.79 Å². The van der Waals surface area contributed by atoms with Gasteiger partial charge in [0.25, 0.3) is 0 Å². The second kappa shape index (κ2) is 3.90. The van der Waals surface area contributed by atoms with Gasteiger partial charge in [0.1, 0.15) is 0 Å². The van der Waals surface area contributed by atoms with Gasteiger partial charge in [0.15, 0.2) is 0 Å². The fourth-order valence-corrected chi connectivity index (χ4v) is 1.69. The molecule has 0 spiro atoms. The summed E-state index contributed by atoms with van der Waals surface area (Å²) in [5.41, 5.74) is 0. The standard InChI is InChI=1S/C9H18N2O/c1-4-11-6-5-8(7-11)9(12)10(2)3/h8H,4-7H2,1-3H3. The average Bonchev–Trinajstić information content (AvgIpc) is 2.50. The molecule has 0 aromatic heterocycles. The van der Waals surface area contributed by atoms with Crippen molar-refractivity contribution in [2.75, 3.05) is 33.7 Å². The van der Waals surface area contributed by atoms with Gasteiger partial charge in [-0.1, -0.05) is 6.92 Å². The number of hydrogen-bond acceptors (Lipinski definition) is 2. The molecule has 3 nitrogen and oxygen atoms in total. The first-order chi connectivity index (χ1) is 5.65. The monoisotopic (exact) mass is 170 g/mol. The van der Waals surface area contributed by atoms with Crippen LogP contribution in [0.5, 0.6) is 0 Å². The normalized spacial score (nSPS) is 24.4. The molecule has 1 fully saturated rings. The predicted molar refractivity (Wildman–Crippen MR) is 48.9 cm³/mol. The molecule has 1 amide bonds. The van der Waals surface area contributed by atoms with Crippen molar-refractivity contribution in [3.8, 4) is 0 Å². The molecule has 1 rings (SSSR count). The molecule has 1 unspecified atom stereocenters. The van der Waals surface area contributed by atoms with E-state index in [1.165, 1.54) is 0 Å². The van der Waals surface area contributed by atoms with Gasteiger partial charge in [-0.15, -0.1) is 0 Å². The first-order valence-electron chi connectivity index (χ1n) is 4.58. The molecule has 1 aliphatic heterocycles. The Balaban J connectivity index is 2.41. The van der Waals surface area contributed by atoms with E-state index in [1.807, 2.05) is 14.1 Å². The van der Waals surface area contributed by atoms with Crippen LogP contribution < -0.4 is 0 Å². The number of amides is 1. The minimum absolute atomic E-state index is 0.250. The van der Waals surface area contributed by atoms with Crippen molar-refractivity contribution < 1.29 is 4.79 Å². The molecule has 1 saturated heterocycles. The molecule has 1 heterocycles. The topological polar surface area (TPSA) is 23.6 Å². The Morgan fingerprint density at radius 3 is 2.67 bits per heavy atom. The summed E-state index contributed by atoms with van der Waals surface area (Å²) in [4.78, 5) is 15.5. The summed E-state index contributed by atoms with van der Waals surface area (Å²) in [5, 5.41) is 0. The predicted octanol–water partition coefficient (Wildman–Crippen LogP) is 0.416. The lowest BCUT2D eigenvalue weighted by Gasteiger charge is -2.16. The molecular weight excluding hydrogens is 152 g/mol. The summed E-state index contributed by atoms with van der Waals surface area (Å²) < 4.78 is 0. The minimum atomic E-state index is 0.250. The van der Waals surface area contributed by atoms with Crippen LogP contribution in [-0.2, 0) is 4.79 Å². The zero-order valence-corrected chi connectivity index (χ0v) is 8.21. The van der Waals surface area contributed by atoms with Crippen LogP contribution in [0.4, 0.5) is 0 Å². The van der Waals surface area contributed by atoms with Crippen LogP contribution in [0.3, 0.4) is 0 Å². The lowest BCUT2D eigenvalue weighted by atomic mass is 10.1. The fraction of sp³-hybridized carbons (Fsp3) is 0.889. The molecule has 0 saturated carbocycles. The number of rotatable bonds is 2. The molecule has 0 aliphatic carbocycles. The highest BCUT2D eigenvalue weighted by Crippen LogP contribution is 2.16. The summed E-state index contributed by atoms with van der Waals surface area (Å²) >= 11 is 0. The Labute approximate surface area is 74.3 Å². The number of carbonyl (C=O) groups is 1. The van der Waals surface area contributed by atoms with Gasteiger partial charge in [0.2, 0.25) is 5.91 Å². The highest BCUT2D eigenvalue weighted by atomic mass is 16.2. The van der Waals surface area contributed by atoms with Crippen LogP contribution in [0, 0.1) is 5.92 Å². The van der Waals surface area contributed by atoms with Crippen LogP contribution in [0.15, 0.2) is 0 Å². The number of nitrogens with zero attached hydrogens (tertiary/aromatic N) is 2. The molecule has 1 atom stereocenters. The highest BCUT2D eigenvalue weighted by Gasteiger charge is 2.27. The first kappa shape index (κ1) is 9.52. The van der Waals surface area contributed by atoms with Crippen molar-refractivity contribution in [2.24, 2.45) is 5.92 Å². The van der Waals surface area contributed by atoms with E-state index in [0.29, 0.717) is 0 Å². The maximum Gasteiger partial charge on any atom is 0.226 e. The van der Waals surface area contributed by atoms with Crippen LogP contribution >= 0.6 is 0 Å². The second-order valence-corrected chi connectivity index (χ2v) is 3.61. The summed E-state index contributed by atoms with van der Waals surface area (Å²) in [6.45, 7) is 5.24. The zero-order chi connectivity index (χ0) is 9.14. The van der Waals surface area contributed by atoms with Gasteiger partial charge in [-0.2, -0.15) is 0 Å². The molecule has 0 N–H and O–H groups in total. The van der Waals surface area contributed by atoms with E-state index in [0.717, 1.165) is 26.1 Å². The van der Waals surface area contributed by atoms with E-state index in [4.69, 9.17) is 0 Å². The molecule has 12 heavy (non-hydrogen) atoms. The average molecular weight is 170 g/mol. The van der Waals surface area contributed by atoms with E-state index in [1.54, 1.807) is 4.90 Å². The van der Waals surface area contributed by atoms with Crippen molar-refractivity contribution >= 4 is 5.91 Å². The molecule has 0 aromatic rings. The van der Waals surface area contributed by atoms with E-state index < -0.39 is 0 Å². The quantitative estimate of drug-likeness (QED) is 0.599. The van der Waals surface area contributed by atoms with Crippen molar-refractivity contribution in [2.45, 2.75) is 13.3 Å².